The second-order valence-corrected chi connectivity index (χ2v) is 19.3. The van der Waals surface area contributed by atoms with Crippen molar-refractivity contribution in [1.29, 1.82) is 0 Å². The van der Waals surface area contributed by atoms with Gasteiger partial charge in [-0.25, -0.2) is 0 Å². The van der Waals surface area contributed by atoms with Gasteiger partial charge in [-0.2, -0.15) is 0 Å². The molecule has 0 aliphatic heterocycles. The molecule has 0 saturated heterocycles. The van der Waals surface area contributed by atoms with Crippen molar-refractivity contribution < 1.29 is 0 Å². The van der Waals surface area contributed by atoms with E-state index in [0.717, 1.165) is 6.42 Å². The average Bonchev–Trinajstić information content (AvgIpc) is 3.85. The molecule has 15 rings (SSSR count). The van der Waals surface area contributed by atoms with Crippen molar-refractivity contribution in [2.75, 3.05) is 0 Å². The maximum atomic E-state index is 2.55. The zero-order valence-corrected chi connectivity index (χ0v) is 39.0. The molecule has 0 spiro atoms. The Morgan fingerprint density at radius 3 is 1.08 bits per heavy atom. The van der Waals surface area contributed by atoms with Gasteiger partial charge >= 0.3 is 0 Å². The molecule has 0 bridgehead atoms. The van der Waals surface area contributed by atoms with E-state index in [1.807, 2.05) is 0 Å². The minimum Gasteiger partial charge on any atom is -0.0721 e. The van der Waals surface area contributed by atoms with Crippen molar-refractivity contribution in [3.63, 3.8) is 0 Å². The Hall–Kier alpha value is -9.10. The Bertz CT molecular complexity index is 4230. The molecule has 0 heterocycles. The lowest BCUT2D eigenvalue weighted by Gasteiger charge is -2.23. The van der Waals surface area contributed by atoms with E-state index in [1.165, 1.54) is 155 Å². The van der Waals surface area contributed by atoms with Crippen LogP contribution in [0.15, 0.2) is 255 Å². The van der Waals surface area contributed by atoms with Crippen molar-refractivity contribution in [3.8, 4) is 89.0 Å². The first-order chi connectivity index (χ1) is 35.3. The summed E-state index contributed by atoms with van der Waals surface area (Å²) in [6.45, 7) is 0. The Kier molecular flexibility index (Phi) is 8.82. The van der Waals surface area contributed by atoms with Crippen LogP contribution in [0.3, 0.4) is 0 Å². The Balaban J connectivity index is 1.12. The van der Waals surface area contributed by atoms with Gasteiger partial charge in [-0.3, -0.25) is 0 Å². The highest BCUT2D eigenvalue weighted by molar-refractivity contribution is 6.28. The molecule has 71 heavy (non-hydrogen) atoms. The summed E-state index contributed by atoms with van der Waals surface area (Å²) in [6.07, 6.45) is 5.90. The predicted molar refractivity (Wildman–Crippen MR) is 301 cm³/mol. The zero-order chi connectivity index (χ0) is 46.6. The standard InChI is InChI=1S/C71H44/c1-6-21-44(22-7-1)51-37-38-52(45-23-8-2-9-24-45)59(43-51)67-61-42-50-32-17-16-31-49(50)41-60(61)64(48-29-14-5-15-30-48)69-56-36-20-35-55-65-57(39-40-58(66(56)65)71(67)69)70-63(47-27-12-4-13-28-47)54-34-19-18-33-53(54)62(68(55)70)46-25-10-3-11-26-46/h1-19,21-43H,20H2. The summed E-state index contributed by atoms with van der Waals surface area (Å²) in [6, 6.07) is 90.5. The summed E-state index contributed by atoms with van der Waals surface area (Å²) in [4.78, 5) is 0. The number of rotatable bonds is 6. The third kappa shape index (κ3) is 5.92. The molecule has 0 unspecified atom stereocenters. The summed E-state index contributed by atoms with van der Waals surface area (Å²) in [7, 11) is 0. The third-order valence-electron chi connectivity index (χ3n) is 15.5. The zero-order valence-electron chi connectivity index (χ0n) is 39.0. The second-order valence-electron chi connectivity index (χ2n) is 19.3. The molecule has 0 radical (unpaired) electrons. The summed E-state index contributed by atoms with van der Waals surface area (Å²) < 4.78 is 0. The summed E-state index contributed by atoms with van der Waals surface area (Å²) >= 11 is 0. The molecule has 3 aliphatic rings. The fourth-order valence-electron chi connectivity index (χ4n) is 12.6. The van der Waals surface area contributed by atoms with E-state index in [9.17, 15) is 0 Å². The second kappa shape index (κ2) is 15.7. The molecule has 0 nitrogen and oxygen atoms in total. The maximum absolute atomic E-state index is 2.55. The molecule has 12 aromatic carbocycles. The molecule has 0 heteroatoms. The van der Waals surface area contributed by atoms with Crippen LogP contribution in [0.5, 0.6) is 0 Å². The quantitative estimate of drug-likeness (QED) is 0.146. The number of allylic oxidation sites excluding steroid dienone is 2. The van der Waals surface area contributed by atoms with Crippen molar-refractivity contribution in [1.82, 2.24) is 0 Å². The Labute approximate surface area is 413 Å². The largest absolute Gasteiger partial charge is 0.0721 e. The molecule has 0 saturated carbocycles. The summed E-state index contributed by atoms with van der Waals surface area (Å²) in [5.41, 5.74) is 28.2. The highest BCUT2D eigenvalue weighted by Crippen LogP contribution is 2.64. The molecule has 0 N–H and O–H groups in total. The van der Waals surface area contributed by atoms with Crippen molar-refractivity contribution >= 4 is 43.5 Å². The summed E-state index contributed by atoms with van der Waals surface area (Å²) in [5.74, 6) is 0. The van der Waals surface area contributed by atoms with Crippen LogP contribution in [0.2, 0.25) is 0 Å². The normalized spacial score (nSPS) is 12.9. The molecule has 0 atom stereocenters. The molecule has 3 aliphatic carbocycles. The summed E-state index contributed by atoms with van der Waals surface area (Å²) in [5, 5.41) is 7.56. The molecule has 12 aromatic rings. The predicted octanol–water partition coefficient (Wildman–Crippen LogP) is 19.4. The molecular weight excluding hydrogens is 853 g/mol. The molecular formula is C71H44. The third-order valence-corrected chi connectivity index (χ3v) is 15.5. The van der Waals surface area contributed by atoms with Gasteiger partial charge in [0.2, 0.25) is 0 Å². The Morgan fingerprint density at radius 2 is 0.577 bits per heavy atom. The van der Waals surface area contributed by atoms with E-state index >= 15 is 0 Å². The van der Waals surface area contributed by atoms with Gasteiger partial charge in [0.15, 0.2) is 0 Å². The van der Waals surface area contributed by atoms with Crippen LogP contribution in [0.1, 0.15) is 28.7 Å². The number of benzene rings is 12. The minimum atomic E-state index is 0.802. The first-order valence-electron chi connectivity index (χ1n) is 24.9. The Morgan fingerprint density at radius 1 is 0.197 bits per heavy atom. The van der Waals surface area contributed by atoms with Crippen LogP contribution >= 0.6 is 0 Å². The van der Waals surface area contributed by atoms with Gasteiger partial charge < -0.3 is 0 Å². The van der Waals surface area contributed by atoms with E-state index < -0.39 is 0 Å². The van der Waals surface area contributed by atoms with Gasteiger partial charge in [-0.05, 0) is 179 Å². The van der Waals surface area contributed by atoms with Gasteiger partial charge in [0.25, 0.3) is 0 Å². The van der Waals surface area contributed by atoms with Gasteiger partial charge in [0.05, 0.1) is 0 Å². The van der Waals surface area contributed by atoms with E-state index in [4.69, 9.17) is 0 Å². The lowest BCUT2D eigenvalue weighted by molar-refractivity contribution is 1.41. The van der Waals surface area contributed by atoms with Crippen molar-refractivity contribution in [2.45, 2.75) is 6.42 Å². The van der Waals surface area contributed by atoms with E-state index in [1.54, 1.807) is 0 Å². The first-order valence-corrected chi connectivity index (χ1v) is 24.9. The van der Waals surface area contributed by atoms with Crippen LogP contribution in [0.25, 0.3) is 132 Å². The monoisotopic (exact) mass is 896 g/mol. The fourth-order valence-corrected chi connectivity index (χ4v) is 12.6. The van der Waals surface area contributed by atoms with Gasteiger partial charge in [-0.15, -0.1) is 0 Å². The lowest BCUT2D eigenvalue weighted by Crippen LogP contribution is -1.97. The van der Waals surface area contributed by atoms with Crippen LogP contribution < -0.4 is 0 Å². The smallest absolute Gasteiger partial charge is 0.000729 e. The van der Waals surface area contributed by atoms with Gasteiger partial charge in [0.1, 0.15) is 0 Å². The van der Waals surface area contributed by atoms with Crippen LogP contribution in [-0.2, 0) is 0 Å². The van der Waals surface area contributed by atoms with Crippen LogP contribution in [0.4, 0.5) is 0 Å². The highest BCUT2D eigenvalue weighted by Gasteiger charge is 2.41. The topological polar surface area (TPSA) is 0 Å². The molecule has 328 valence electrons. The first kappa shape index (κ1) is 39.9. The van der Waals surface area contributed by atoms with Gasteiger partial charge in [0, 0.05) is 0 Å². The molecule has 0 aromatic heterocycles. The average molecular weight is 897 g/mol. The number of hydrogen-bond donors (Lipinski definition) is 0. The van der Waals surface area contributed by atoms with E-state index in [2.05, 4.69) is 255 Å². The molecule has 0 fully saturated rings. The SMILES string of the molecule is C1=C2c3c(ccc4c3C(=CC1)c1c-4c(-c3cc(-c4ccccc4)ccc3-c3ccccc3)c3cc4ccccc4cc3c1-c1ccccc1)-c1c2c(-c2ccccc2)c2ccccc2c1-c1ccccc1. The number of fused-ring (bicyclic) bond motifs is 9. The maximum Gasteiger partial charge on any atom is -0.000729 e. The van der Waals surface area contributed by atoms with Crippen molar-refractivity contribution in [3.05, 3.63) is 277 Å². The van der Waals surface area contributed by atoms with E-state index in [0.29, 0.717) is 0 Å². The van der Waals surface area contributed by atoms with Gasteiger partial charge in [-0.1, -0.05) is 237 Å². The highest BCUT2D eigenvalue weighted by atomic mass is 14.4. The van der Waals surface area contributed by atoms with Crippen LogP contribution in [-0.4, -0.2) is 0 Å². The van der Waals surface area contributed by atoms with Crippen molar-refractivity contribution in [2.24, 2.45) is 0 Å². The fraction of sp³-hybridized carbons (Fsp3) is 0.0141. The van der Waals surface area contributed by atoms with E-state index in [-0.39, 0.29) is 0 Å². The number of hydrogen-bond acceptors (Lipinski definition) is 0. The minimum absolute atomic E-state index is 0.802. The lowest BCUT2D eigenvalue weighted by atomic mass is 9.79. The van der Waals surface area contributed by atoms with Crippen LogP contribution in [0, 0.1) is 0 Å². The molecule has 0 amide bonds.